The number of carbonyl (C=O) groups excluding carboxylic acids is 1. The zero-order valence-electron chi connectivity index (χ0n) is 11.3. The standard InChI is InChI=1S/C16H12BrNO3/c1-20-16(19)12-6-7-14-13(8-12)18-15(21-14)11-4-2-10(9-17)3-5-11/h2-8H,9H2,1H3. The van der Waals surface area contributed by atoms with Crippen molar-refractivity contribution in [3.05, 3.63) is 53.6 Å². The van der Waals surface area contributed by atoms with Crippen LogP contribution >= 0.6 is 15.9 Å². The highest BCUT2D eigenvalue weighted by Gasteiger charge is 2.12. The fourth-order valence-corrected chi connectivity index (χ4v) is 2.41. The monoisotopic (exact) mass is 345 g/mol. The van der Waals surface area contributed by atoms with Gasteiger partial charge >= 0.3 is 5.97 Å². The van der Waals surface area contributed by atoms with Crippen molar-refractivity contribution in [1.82, 2.24) is 4.98 Å². The molecule has 0 spiro atoms. The number of carbonyl (C=O) groups is 1. The van der Waals surface area contributed by atoms with Crippen LogP contribution in [0.2, 0.25) is 0 Å². The molecule has 0 aliphatic heterocycles. The molecule has 0 aliphatic rings. The number of hydrogen-bond acceptors (Lipinski definition) is 4. The van der Waals surface area contributed by atoms with Crippen molar-refractivity contribution in [2.75, 3.05) is 7.11 Å². The number of alkyl halides is 1. The lowest BCUT2D eigenvalue weighted by Crippen LogP contribution is -2.00. The third-order valence-electron chi connectivity index (χ3n) is 3.16. The normalized spacial score (nSPS) is 10.8. The minimum absolute atomic E-state index is 0.386. The fraction of sp³-hybridized carbons (Fsp3) is 0.125. The first-order chi connectivity index (χ1) is 10.2. The van der Waals surface area contributed by atoms with E-state index >= 15 is 0 Å². The van der Waals surface area contributed by atoms with Crippen molar-refractivity contribution in [3.8, 4) is 11.5 Å². The molecule has 4 nitrogen and oxygen atoms in total. The van der Waals surface area contributed by atoms with Gasteiger partial charge in [-0.2, -0.15) is 0 Å². The van der Waals surface area contributed by atoms with Gasteiger partial charge in [0.15, 0.2) is 5.58 Å². The summed E-state index contributed by atoms with van der Waals surface area (Å²) in [5.74, 6) is 0.149. The van der Waals surface area contributed by atoms with E-state index in [0.29, 0.717) is 22.6 Å². The molecule has 0 saturated heterocycles. The maximum absolute atomic E-state index is 11.5. The molecule has 0 N–H and O–H groups in total. The summed E-state index contributed by atoms with van der Waals surface area (Å²) in [4.78, 5) is 15.9. The minimum atomic E-state index is -0.386. The van der Waals surface area contributed by atoms with Gasteiger partial charge in [-0.25, -0.2) is 9.78 Å². The molecule has 21 heavy (non-hydrogen) atoms. The van der Waals surface area contributed by atoms with Gasteiger partial charge in [0.25, 0.3) is 0 Å². The number of ether oxygens (including phenoxy) is 1. The molecule has 1 aromatic heterocycles. The van der Waals surface area contributed by atoms with Gasteiger partial charge in [-0.15, -0.1) is 0 Å². The van der Waals surface area contributed by atoms with Crippen LogP contribution in [-0.4, -0.2) is 18.1 Å². The summed E-state index contributed by atoms with van der Waals surface area (Å²) in [5.41, 5.74) is 3.82. The molecule has 0 unspecified atom stereocenters. The van der Waals surface area contributed by atoms with Crippen LogP contribution in [0.3, 0.4) is 0 Å². The molecular formula is C16H12BrNO3. The number of aromatic nitrogens is 1. The molecule has 3 aromatic rings. The van der Waals surface area contributed by atoms with E-state index in [1.807, 2.05) is 24.3 Å². The first kappa shape index (κ1) is 13.8. The summed E-state index contributed by atoms with van der Waals surface area (Å²) in [6.07, 6.45) is 0. The van der Waals surface area contributed by atoms with Crippen molar-refractivity contribution < 1.29 is 13.9 Å². The summed E-state index contributed by atoms with van der Waals surface area (Å²) >= 11 is 3.41. The quantitative estimate of drug-likeness (QED) is 0.527. The van der Waals surface area contributed by atoms with Gasteiger partial charge in [-0.05, 0) is 35.9 Å². The second kappa shape index (κ2) is 5.69. The number of fused-ring (bicyclic) bond motifs is 1. The van der Waals surface area contributed by atoms with Crippen molar-refractivity contribution >= 4 is 33.0 Å². The Morgan fingerprint density at radius 2 is 2.00 bits per heavy atom. The topological polar surface area (TPSA) is 52.3 Å². The van der Waals surface area contributed by atoms with Crippen LogP contribution in [0.4, 0.5) is 0 Å². The van der Waals surface area contributed by atoms with Crippen molar-refractivity contribution in [2.24, 2.45) is 0 Å². The van der Waals surface area contributed by atoms with Gasteiger partial charge in [0.1, 0.15) is 5.52 Å². The average Bonchev–Trinajstić information content (AvgIpc) is 2.97. The highest BCUT2D eigenvalue weighted by Crippen LogP contribution is 2.25. The zero-order chi connectivity index (χ0) is 14.8. The summed E-state index contributed by atoms with van der Waals surface area (Å²) < 4.78 is 10.4. The van der Waals surface area contributed by atoms with E-state index in [1.54, 1.807) is 18.2 Å². The van der Waals surface area contributed by atoms with E-state index in [1.165, 1.54) is 12.7 Å². The van der Waals surface area contributed by atoms with E-state index in [4.69, 9.17) is 9.15 Å². The Kier molecular flexibility index (Phi) is 3.75. The van der Waals surface area contributed by atoms with Crippen LogP contribution in [0, 0.1) is 0 Å². The van der Waals surface area contributed by atoms with Crippen LogP contribution in [0.5, 0.6) is 0 Å². The molecule has 0 aliphatic carbocycles. The molecule has 2 aromatic carbocycles. The molecule has 106 valence electrons. The average molecular weight is 346 g/mol. The molecule has 0 saturated carbocycles. The van der Waals surface area contributed by atoms with E-state index in [9.17, 15) is 4.79 Å². The zero-order valence-corrected chi connectivity index (χ0v) is 12.9. The number of benzene rings is 2. The van der Waals surface area contributed by atoms with Gasteiger partial charge in [0, 0.05) is 10.9 Å². The number of oxazole rings is 1. The molecule has 5 heteroatoms. The first-order valence-corrected chi connectivity index (χ1v) is 7.47. The largest absolute Gasteiger partial charge is 0.465 e. The van der Waals surface area contributed by atoms with Crippen LogP contribution in [0.15, 0.2) is 46.9 Å². The second-order valence-electron chi connectivity index (χ2n) is 4.52. The Labute approximate surface area is 129 Å². The molecule has 0 bridgehead atoms. The third-order valence-corrected chi connectivity index (χ3v) is 3.81. The summed E-state index contributed by atoms with van der Waals surface area (Å²) in [7, 11) is 1.35. The van der Waals surface area contributed by atoms with Crippen LogP contribution in [-0.2, 0) is 10.1 Å². The minimum Gasteiger partial charge on any atom is -0.465 e. The lowest BCUT2D eigenvalue weighted by atomic mass is 10.1. The number of hydrogen-bond donors (Lipinski definition) is 0. The number of rotatable bonds is 3. The smallest absolute Gasteiger partial charge is 0.337 e. The summed E-state index contributed by atoms with van der Waals surface area (Å²) in [6, 6.07) is 13.0. The number of methoxy groups -OCH3 is 1. The van der Waals surface area contributed by atoms with Crippen molar-refractivity contribution in [3.63, 3.8) is 0 Å². The van der Waals surface area contributed by atoms with E-state index in [-0.39, 0.29) is 5.97 Å². The molecule has 0 atom stereocenters. The van der Waals surface area contributed by atoms with Gasteiger partial charge in [-0.3, -0.25) is 0 Å². The van der Waals surface area contributed by atoms with Crippen molar-refractivity contribution in [1.29, 1.82) is 0 Å². The number of nitrogens with zero attached hydrogens (tertiary/aromatic N) is 1. The lowest BCUT2D eigenvalue weighted by Gasteiger charge is -1.97. The first-order valence-electron chi connectivity index (χ1n) is 6.35. The van der Waals surface area contributed by atoms with Crippen LogP contribution in [0.1, 0.15) is 15.9 Å². The molecular weight excluding hydrogens is 334 g/mol. The number of halogens is 1. The molecule has 0 fully saturated rings. The van der Waals surface area contributed by atoms with E-state index in [2.05, 4.69) is 20.9 Å². The predicted molar refractivity (Wildman–Crippen MR) is 83.4 cm³/mol. The summed E-state index contributed by atoms with van der Waals surface area (Å²) in [6.45, 7) is 0. The van der Waals surface area contributed by atoms with E-state index < -0.39 is 0 Å². The predicted octanol–water partition coefficient (Wildman–Crippen LogP) is 4.18. The highest BCUT2D eigenvalue weighted by atomic mass is 79.9. The van der Waals surface area contributed by atoms with Crippen LogP contribution < -0.4 is 0 Å². The molecule has 3 rings (SSSR count). The maximum atomic E-state index is 11.5. The molecule has 1 heterocycles. The Morgan fingerprint density at radius 1 is 1.24 bits per heavy atom. The highest BCUT2D eigenvalue weighted by molar-refractivity contribution is 9.08. The maximum Gasteiger partial charge on any atom is 0.337 e. The molecule has 0 radical (unpaired) electrons. The Balaban J connectivity index is 2.01. The Bertz CT molecular complexity index is 793. The second-order valence-corrected chi connectivity index (χ2v) is 5.08. The Morgan fingerprint density at radius 3 is 2.67 bits per heavy atom. The van der Waals surface area contributed by atoms with Gasteiger partial charge < -0.3 is 9.15 Å². The third kappa shape index (κ3) is 2.69. The van der Waals surface area contributed by atoms with Gasteiger partial charge in [-0.1, -0.05) is 28.1 Å². The number of esters is 1. The van der Waals surface area contributed by atoms with Crippen LogP contribution in [0.25, 0.3) is 22.6 Å². The molecule has 0 amide bonds. The van der Waals surface area contributed by atoms with Gasteiger partial charge in [0.2, 0.25) is 5.89 Å². The summed E-state index contributed by atoms with van der Waals surface area (Å²) in [5, 5.41) is 0.809. The lowest BCUT2D eigenvalue weighted by molar-refractivity contribution is 0.0601. The van der Waals surface area contributed by atoms with Crippen molar-refractivity contribution in [2.45, 2.75) is 5.33 Å². The van der Waals surface area contributed by atoms with E-state index in [0.717, 1.165) is 10.9 Å². The fourth-order valence-electron chi connectivity index (χ4n) is 2.03. The Hall–Kier alpha value is -2.14. The van der Waals surface area contributed by atoms with Gasteiger partial charge in [0.05, 0.1) is 12.7 Å². The SMILES string of the molecule is COC(=O)c1ccc2oc(-c3ccc(CBr)cc3)nc2c1.